The van der Waals surface area contributed by atoms with Crippen LogP contribution < -0.4 is 11.1 Å². The van der Waals surface area contributed by atoms with Crippen LogP contribution in [0.3, 0.4) is 0 Å². The highest BCUT2D eigenvalue weighted by Gasteiger charge is 2.30. The average molecular weight is 248 g/mol. The summed E-state index contributed by atoms with van der Waals surface area (Å²) in [4.78, 5) is 11.9. The van der Waals surface area contributed by atoms with Gasteiger partial charge in [0, 0.05) is 12.5 Å². The van der Waals surface area contributed by atoms with E-state index in [9.17, 15) is 4.79 Å². The van der Waals surface area contributed by atoms with Gasteiger partial charge in [-0.2, -0.15) is 5.10 Å². The first-order valence-electron chi connectivity index (χ1n) is 6.87. The molecule has 0 saturated heterocycles. The van der Waals surface area contributed by atoms with E-state index in [4.69, 9.17) is 5.73 Å². The van der Waals surface area contributed by atoms with Crippen LogP contribution >= 0.6 is 0 Å². The molecule has 18 heavy (non-hydrogen) atoms. The minimum Gasteiger partial charge on any atom is -0.395 e. The molecule has 0 aromatic carbocycles. The lowest BCUT2D eigenvalue weighted by Crippen LogP contribution is -2.25. The van der Waals surface area contributed by atoms with E-state index in [0.717, 1.165) is 37.4 Å². The number of aromatic amines is 1. The molecule has 2 fully saturated rings. The van der Waals surface area contributed by atoms with Crippen molar-refractivity contribution in [3.05, 3.63) is 11.4 Å². The molecule has 2 aliphatic carbocycles. The lowest BCUT2D eigenvalue weighted by atomic mass is 10.2. The molecule has 3 rings (SSSR count). The van der Waals surface area contributed by atoms with E-state index in [-0.39, 0.29) is 5.91 Å². The molecule has 0 atom stereocenters. The first kappa shape index (κ1) is 11.6. The second kappa shape index (κ2) is 4.63. The van der Waals surface area contributed by atoms with E-state index >= 15 is 0 Å². The molecule has 1 amide bonds. The molecule has 1 aromatic rings. The van der Waals surface area contributed by atoms with Gasteiger partial charge < -0.3 is 11.1 Å². The number of anilines is 1. The monoisotopic (exact) mass is 248 g/mol. The van der Waals surface area contributed by atoms with E-state index in [1.807, 2.05) is 0 Å². The van der Waals surface area contributed by atoms with Gasteiger partial charge in [-0.05, 0) is 31.6 Å². The number of carbonyl (C=O) groups is 1. The molecule has 98 valence electrons. The third-order valence-electron chi connectivity index (χ3n) is 3.81. The summed E-state index contributed by atoms with van der Waals surface area (Å²) in [5.74, 6) is 1.26. The van der Waals surface area contributed by atoms with Crippen LogP contribution in [0.4, 0.5) is 5.69 Å². The predicted octanol–water partition coefficient (Wildman–Crippen LogP) is 1.79. The zero-order valence-corrected chi connectivity index (χ0v) is 10.5. The zero-order chi connectivity index (χ0) is 12.5. The van der Waals surface area contributed by atoms with Crippen molar-refractivity contribution in [1.29, 1.82) is 0 Å². The number of nitrogens with two attached hydrogens (primary N) is 1. The number of nitrogens with zero attached hydrogens (tertiary/aromatic N) is 1. The smallest absolute Gasteiger partial charge is 0.273 e. The van der Waals surface area contributed by atoms with Gasteiger partial charge >= 0.3 is 0 Å². The molecule has 5 nitrogen and oxygen atoms in total. The first-order valence-corrected chi connectivity index (χ1v) is 6.87. The van der Waals surface area contributed by atoms with Gasteiger partial charge in [0.15, 0.2) is 5.69 Å². The number of nitrogens with one attached hydrogen (secondary N) is 2. The van der Waals surface area contributed by atoms with Crippen LogP contribution in [-0.2, 0) is 0 Å². The number of hydrogen-bond acceptors (Lipinski definition) is 3. The maximum Gasteiger partial charge on any atom is 0.273 e. The normalized spacial score (nSPS) is 18.9. The largest absolute Gasteiger partial charge is 0.395 e. The number of rotatable bonds is 6. The minimum atomic E-state index is -0.147. The standard InChI is InChI=1S/C13H20N4O/c14-10-11(9-5-6-9)16-17-12(10)13(18)15-7-1-2-8-3-4-8/h8-9H,1-7,14H2,(H,15,18)(H,16,17). The van der Waals surface area contributed by atoms with Crippen LogP contribution in [-0.4, -0.2) is 22.6 Å². The Labute approximate surface area is 107 Å². The van der Waals surface area contributed by atoms with Crippen LogP contribution in [0.25, 0.3) is 0 Å². The molecule has 5 heteroatoms. The summed E-state index contributed by atoms with van der Waals surface area (Å²) < 4.78 is 0. The summed E-state index contributed by atoms with van der Waals surface area (Å²) in [6.07, 6.45) is 7.31. The fourth-order valence-corrected chi connectivity index (χ4v) is 2.30. The van der Waals surface area contributed by atoms with Gasteiger partial charge in [-0.15, -0.1) is 0 Å². The maximum atomic E-state index is 11.9. The van der Waals surface area contributed by atoms with Gasteiger partial charge in [-0.25, -0.2) is 0 Å². The number of carbonyl (C=O) groups excluding carboxylic acids is 1. The van der Waals surface area contributed by atoms with Crippen molar-refractivity contribution < 1.29 is 4.79 Å². The molecule has 0 unspecified atom stereocenters. The Morgan fingerprint density at radius 2 is 2.17 bits per heavy atom. The van der Waals surface area contributed by atoms with Gasteiger partial charge in [-0.3, -0.25) is 9.89 Å². The fourth-order valence-electron chi connectivity index (χ4n) is 2.30. The highest BCUT2D eigenvalue weighted by Crippen LogP contribution is 2.42. The summed E-state index contributed by atoms with van der Waals surface area (Å²) in [6, 6.07) is 0. The molecule has 1 heterocycles. The topological polar surface area (TPSA) is 83.8 Å². The second-order valence-corrected chi connectivity index (χ2v) is 5.52. The third kappa shape index (κ3) is 2.49. The van der Waals surface area contributed by atoms with E-state index in [0.29, 0.717) is 17.3 Å². The maximum absolute atomic E-state index is 11.9. The Balaban J connectivity index is 1.51. The van der Waals surface area contributed by atoms with Crippen LogP contribution in [0.1, 0.15) is 60.6 Å². The quantitative estimate of drug-likeness (QED) is 0.671. The number of aromatic nitrogens is 2. The third-order valence-corrected chi connectivity index (χ3v) is 3.81. The lowest BCUT2D eigenvalue weighted by Gasteiger charge is -2.03. The number of nitrogen functional groups attached to an aromatic ring is 1. The first-order chi connectivity index (χ1) is 8.75. The van der Waals surface area contributed by atoms with Gasteiger partial charge in [0.2, 0.25) is 0 Å². The molecule has 2 aliphatic rings. The summed E-state index contributed by atoms with van der Waals surface area (Å²) in [5, 5.41) is 9.83. The van der Waals surface area contributed by atoms with E-state index < -0.39 is 0 Å². The number of H-pyrrole nitrogens is 1. The molecule has 0 radical (unpaired) electrons. The Bertz CT molecular complexity index is 446. The van der Waals surface area contributed by atoms with Gasteiger partial charge in [-0.1, -0.05) is 12.8 Å². The SMILES string of the molecule is Nc1c(C(=O)NCCCC2CC2)n[nH]c1C1CC1. The summed E-state index contributed by atoms with van der Waals surface area (Å²) in [5.41, 5.74) is 7.80. The van der Waals surface area contributed by atoms with Crippen LogP contribution in [0, 0.1) is 5.92 Å². The van der Waals surface area contributed by atoms with Crippen molar-refractivity contribution >= 4 is 11.6 Å². The van der Waals surface area contributed by atoms with Crippen LogP contribution in [0.2, 0.25) is 0 Å². The van der Waals surface area contributed by atoms with Crippen molar-refractivity contribution in [2.24, 2.45) is 5.92 Å². The van der Waals surface area contributed by atoms with Crippen molar-refractivity contribution in [2.75, 3.05) is 12.3 Å². The zero-order valence-electron chi connectivity index (χ0n) is 10.5. The van der Waals surface area contributed by atoms with Gasteiger partial charge in [0.25, 0.3) is 5.91 Å². The highest BCUT2D eigenvalue weighted by molar-refractivity contribution is 5.97. The van der Waals surface area contributed by atoms with Gasteiger partial charge in [0.1, 0.15) is 0 Å². The Kier molecular flexibility index (Phi) is 2.97. The van der Waals surface area contributed by atoms with Crippen LogP contribution in [0.5, 0.6) is 0 Å². The highest BCUT2D eigenvalue weighted by atomic mass is 16.1. The second-order valence-electron chi connectivity index (χ2n) is 5.52. The van der Waals surface area contributed by atoms with E-state index in [1.54, 1.807) is 0 Å². The van der Waals surface area contributed by atoms with Crippen molar-refractivity contribution in [3.63, 3.8) is 0 Å². The van der Waals surface area contributed by atoms with Crippen molar-refractivity contribution in [3.8, 4) is 0 Å². The molecule has 2 saturated carbocycles. The average Bonchev–Trinajstić information content (AvgIpc) is 3.25. The molecular weight excluding hydrogens is 228 g/mol. The van der Waals surface area contributed by atoms with E-state index in [2.05, 4.69) is 15.5 Å². The fraction of sp³-hybridized carbons (Fsp3) is 0.692. The van der Waals surface area contributed by atoms with E-state index in [1.165, 1.54) is 19.3 Å². The Morgan fingerprint density at radius 1 is 1.39 bits per heavy atom. The molecule has 0 bridgehead atoms. The molecule has 0 spiro atoms. The lowest BCUT2D eigenvalue weighted by molar-refractivity contribution is 0.0948. The Hall–Kier alpha value is -1.52. The summed E-state index contributed by atoms with van der Waals surface area (Å²) in [6.45, 7) is 0.723. The van der Waals surface area contributed by atoms with Crippen molar-refractivity contribution in [2.45, 2.75) is 44.4 Å². The predicted molar refractivity (Wildman–Crippen MR) is 69.3 cm³/mol. The molecular formula is C13H20N4O. The Morgan fingerprint density at radius 3 is 2.83 bits per heavy atom. The van der Waals surface area contributed by atoms with Crippen molar-refractivity contribution in [1.82, 2.24) is 15.5 Å². The summed E-state index contributed by atoms with van der Waals surface area (Å²) in [7, 11) is 0. The summed E-state index contributed by atoms with van der Waals surface area (Å²) >= 11 is 0. The number of amides is 1. The molecule has 0 aliphatic heterocycles. The minimum absolute atomic E-state index is 0.147. The van der Waals surface area contributed by atoms with Gasteiger partial charge in [0.05, 0.1) is 11.4 Å². The number of hydrogen-bond donors (Lipinski definition) is 3. The molecule has 1 aromatic heterocycles. The van der Waals surface area contributed by atoms with Crippen LogP contribution in [0.15, 0.2) is 0 Å². The molecule has 4 N–H and O–H groups in total.